The van der Waals surface area contributed by atoms with Crippen LogP contribution in [0, 0.1) is 6.92 Å². The van der Waals surface area contributed by atoms with Crippen LogP contribution >= 0.6 is 0 Å². The molecule has 0 saturated carbocycles. The Bertz CT molecular complexity index is 305. The Morgan fingerprint density at radius 3 is 2.67 bits per heavy atom. The number of anilines is 2. The zero-order valence-corrected chi connectivity index (χ0v) is 9.95. The van der Waals surface area contributed by atoms with Gasteiger partial charge in [-0.3, -0.25) is 0 Å². The van der Waals surface area contributed by atoms with E-state index in [0.717, 1.165) is 11.4 Å². The van der Waals surface area contributed by atoms with Gasteiger partial charge in [0.25, 0.3) is 0 Å². The van der Waals surface area contributed by atoms with Gasteiger partial charge >= 0.3 is 0 Å². The lowest BCUT2D eigenvalue weighted by Crippen LogP contribution is -2.33. The summed E-state index contributed by atoms with van der Waals surface area (Å²) in [6.45, 7) is 4.89. The number of ether oxygens (including phenoxy) is 1. The first-order chi connectivity index (χ1) is 7.07. The SMILES string of the molecule is COCC(C)N(C)c1c(C)cccc1N. The van der Waals surface area contributed by atoms with Gasteiger partial charge in [0.1, 0.15) is 0 Å². The van der Waals surface area contributed by atoms with Crippen molar-refractivity contribution < 1.29 is 4.74 Å². The number of nitrogens with two attached hydrogens (primary N) is 1. The summed E-state index contributed by atoms with van der Waals surface area (Å²) in [7, 11) is 3.76. The van der Waals surface area contributed by atoms with Crippen LogP contribution in [0.1, 0.15) is 12.5 Å². The number of aryl methyl sites for hydroxylation is 1. The van der Waals surface area contributed by atoms with E-state index in [9.17, 15) is 0 Å². The van der Waals surface area contributed by atoms with Crippen LogP contribution in [0.4, 0.5) is 11.4 Å². The van der Waals surface area contributed by atoms with Crippen LogP contribution in [0.5, 0.6) is 0 Å². The van der Waals surface area contributed by atoms with E-state index in [1.807, 2.05) is 19.2 Å². The van der Waals surface area contributed by atoms with Crippen LogP contribution < -0.4 is 10.6 Å². The molecule has 0 bridgehead atoms. The van der Waals surface area contributed by atoms with Crippen molar-refractivity contribution >= 4 is 11.4 Å². The zero-order valence-electron chi connectivity index (χ0n) is 9.95. The fourth-order valence-corrected chi connectivity index (χ4v) is 1.74. The van der Waals surface area contributed by atoms with Crippen molar-refractivity contribution in [2.75, 3.05) is 31.4 Å². The maximum absolute atomic E-state index is 5.97. The van der Waals surface area contributed by atoms with E-state index in [4.69, 9.17) is 10.5 Å². The minimum absolute atomic E-state index is 0.318. The van der Waals surface area contributed by atoms with E-state index < -0.39 is 0 Å². The molecule has 15 heavy (non-hydrogen) atoms. The molecule has 0 amide bonds. The van der Waals surface area contributed by atoms with Crippen LogP contribution in [-0.2, 0) is 4.74 Å². The highest BCUT2D eigenvalue weighted by Gasteiger charge is 2.13. The molecule has 84 valence electrons. The molecule has 1 aromatic carbocycles. The molecule has 0 heterocycles. The van der Waals surface area contributed by atoms with Crippen molar-refractivity contribution in [3.8, 4) is 0 Å². The highest BCUT2D eigenvalue weighted by Crippen LogP contribution is 2.27. The minimum atomic E-state index is 0.318. The third kappa shape index (κ3) is 2.63. The average molecular weight is 208 g/mol. The molecule has 1 atom stereocenters. The van der Waals surface area contributed by atoms with E-state index in [1.54, 1.807) is 7.11 Å². The fourth-order valence-electron chi connectivity index (χ4n) is 1.74. The Labute approximate surface area is 91.8 Å². The largest absolute Gasteiger partial charge is 0.397 e. The molecule has 2 N–H and O–H groups in total. The van der Waals surface area contributed by atoms with Gasteiger partial charge in [0.15, 0.2) is 0 Å². The van der Waals surface area contributed by atoms with Gasteiger partial charge in [-0.05, 0) is 25.5 Å². The summed E-state index contributed by atoms with van der Waals surface area (Å²) in [6, 6.07) is 6.29. The summed E-state index contributed by atoms with van der Waals surface area (Å²) in [6.07, 6.45) is 0. The lowest BCUT2D eigenvalue weighted by atomic mass is 10.1. The molecule has 0 spiro atoms. The summed E-state index contributed by atoms with van der Waals surface area (Å²) in [5.74, 6) is 0. The number of para-hydroxylation sites is 1. The molecule has 1 aromatic rings. The van der Waals surface area contributed by atoms with Gasteiger partial charge in [-0.2, -0.15) is 0 Å². The number of rotatable bonds is 4. The van der Waals surface area contributed by atoms with Gasteiger partial charge in [0, 0.05) is 20.2 Å². The maximum Gasteiger partial charge on any atom is 0.0663 e. The quantitative estimate of drug-likeness (QED) is 0.770. The van der Waals surface area contributed by atoms with Crippen molar-refractivity contribution in [3.05, 3.63) is 23.8 Å². The molecule has 1 rings (SSSR count). The number of nitrogen functional groups attached to an aromatic ring is 1. The van der Waals surface area contributed by atoms with Crippen LogP contribution in [0.2, 0.25) is 0 Å². The first kappa shape index (κ1) is 11.9. The van der Waals surface area contributed by atoms with Crippen LogP contribution in [0.3, 0.4) is 0 Å². The van der Waals surface area contributed by atoms with Crippen molar-refractivity contribution in [1.82, 2.24) is 0 Å². The summed E-state index contributed by atoms with van der Waals surface area (Å²) < 4.78 is 5.14. The Morgan fingerprint density at radius 1 is 1.47 bits per heavy atom. The molecule has 0 aliphatic carbocycles. The monoisotopic (exact) mass is 208 g/mol. The Hall–Kier alpha value is -1.22. The summed E-state index contributed by atoms with van der Waals surface area (Å²) in [4.78, 5) is 2.16. The molecule has 0 fully saturated rings. The second-order valence-corrected chi connectivity index (χ2v) is 3.93. The predicted molar refractivity (Wildman–Crippen MR) is 65.3 cm³/mol. The molecule has 1 unspecified atom stereocenters. The van der Waals surface area contributed by atoms with Crippen LogP contribution in [0.25, 0.3) is 0 Å². The molecule has 0 radical (unpaired) electrons. The molecular weight excluding hydrogens is 188 g/mol. The number of nitrogens with zero attached hydrogens (tertiary/aromatic N) is 1. The normalized spacial score (nSPS) is 12.5. The Balaban J connectivity index is 2.94. The van der Waals surface area contributed by atoms with Gasteiger partial charge < -0.3 is 15.4 Å². The summed E-state index contributed by atoms with van der Waals surface area (Å²) >= 11 is 0. The standard InChI is InChI=1S/C12H20N2O/c1-9-6-5-7-11(13)12(9)14(3)10(2)8-15-4/h5-7,10H,8,13H2,1-4H3. The second kappa shape index (κ2) is 5.03. The highest BCUT2D eigenvalue weighted by atomic mass is 16.5. The van der Waals surface area contributed by atoms with E-state index in [1.165, 1.54) is 5.56 Å². The van der Waals surface area contributed by atoms with Gasteiger partial charge in [-0.25, -0.2) is 0 Å². The van der Waals surface area contributed by atoms with E-state index in [2.05, 4.69) is 24.8 Å². The zero-order chi connectivity index (χ0) is 11.4. The summed E-state index contributed by atoms with van der Waals surface area (Å²) in [5, 5.41) is 0. The number of methoxy groups -OCH3 is 1. The van der Waals surface area contributed by atoms with Crippen molar-refractivity contribution in [1.29, 1.82) is 0 Å². The summed E-state index contributed by atoms with van der Waals surface area (Å²) in [5.41, 5.74) is 9.09. The smallest absolute Gasteiger partial charge is 0.0663 e. The van der Waals surface area contributed by atoms with Gasteiger partial charge in [-0.1, -0.05) is 12.1 Å². The maximum atomic E-state index is 5.97. The topological polar surface area (TPSA) is 38.5 Å². The van der Waals surface area contributed by atoms with E-state index in [0.29, 0.717) is 12.6 Å². The highest BCUT2D eigenvalue weighted by molar-refractivity contribution is 5.71. The molecule has 0 aromatic heterocycles. The third-order valence-electron chi connectivity index (χ3n) is 2.69. The number of hydrogen-bond donors (Lipinski definition) is 1. The molecule has 0 saturated heterocycles. The Morgan fingerprint density at radius 2 is 2.13 bits per heavy atom. The van der Waals surface area contributed by atoms with Crippen LogP contribution in [0.15, 0.2) is 18.2 Å². The van der Waals surface area contributed by atoms with Crippen molar-refractivity contribution in [2.24, 2.45) is 0 Å². The Kier molecular flexibility index (Phi) is 3.97. The first-order valence-electron chi connectivity index (χ1n) is 5.14. The van der Waals surface area contributed by atoms with Crippen molar-refractivity contribution in [2.45, 2.75) is 19.9 Å². The lowest BCUT2D eigenvalue weighted by molar-refractivity contribution is 0.183. The number of hydrogen-bond acceptors (Lipinski definition) is 3. The molecular formula is C12H20N2O. The van der Waals surface area contributed by atoms with E-state index >= 15 is 0 Å². The number of benzene rings is 1. The van der Waals surface area contributed by atoms with Gasteiger partial charge in [0.2, 0.25) is 0 Å². The lowest BCUT2D eigenvalue weighted by Gasteiger charge is -2.29. The van der Waals surface area contributed by atoms with Gasteiger partial charge in [0.05, 0.1) is 18.0 Å². The minimum Gasteiger partial charge on any atom is -0.397 e. The molecule has 3 nitrogen and oxygen atoms in total. The second-order valence-electron chi connectivity index (χ2n) is 3.93. The van der Waals surface area contributed by atoms with Crippen LogP contribution in [-0.4, -0.2) is 26.8 Å². The first-order valence-corrected chi connectivity index (χ1v) is 5.14. The molecule has 0 aliphatic rings. The fraction of sp³-hybridized carbons (Fsp3) is 0.500. The molecule has 0 aliphatic heterocycles. The molecule has 3 heteroatoms. The predicted octanol–water partition coefficient (Wildman–Crippen LogP) is 2.05. The van der Waals surface area contributed by atoms with Gasteiger partial charge in [-0.15, -0.1) is 0 Å². The average Bonchev–Trinajstić information content (AvgIpc) is 2.17. The number of likely N-dealkylation sites (N-methyl/N-ethyl adjacent to an activating group) is 1. The van der Waals surface area contributed by atoms with Crippen molar-refractivity contribution in [3.63, 3.8) is 0 Å². The third-order valence-corrected chi connectivity index (χ3v) is 2.69. The van der Waals surface area contributed by atoms with E-state index in [-0.39, 0.29) is 0 Å².